The Hall–Kier alpha value is -2.36. The van der Waals surface area contributed by atoms with Crippen LogP contribution in [0, 0.1) is 12.3 Å². The number of fused-ring (bicyclic) bond motifs is 1. The van der Waals surface area contributed by atoms with Crippen molar-refractivity contribution in [2.75, 3.05) is 0 Å². The highest BCUT2D eigenvalue weighted by Crippen LogP contribution is 2.36. The molecule has 114 valence electrons. The molecule has 0 bridgehead atoms. The number of rotatable bonds is 2. The number of benzene rings is 1. The van der Waals surface area contributed by atoms with Crippen molar-refractivity contribution < 1.29 is 4.79 Å². The fraction of sp³-hybridized carbons (Fsp3) is 0.333. The quantitative estimate of drug-likeness (QED) is 0.683. The van der Waals surface area contributed by atoms with Gasteiger partial charge < -0.3 is 5.73 Å². The van der Waals surface area contributed by atoms with Crippen molar-refractivity contribution in [2.24, 2.45) is 16.3 Å². The minimum atomic E-state index is -0.0380. The first-order valence-electron chi connectivity index (χ1n) is 7.52. The van der Waals surface area contributed by atoms with Gasteiger partial charge in [-0.05, 0) is 24.8 Å². The molecule has 0 atom stereocenters. The van der Waals surface area contributed by atoms with Gasteiger partial charge in [-0.25, -0.2) is 4.68 Å². The molecule has 4 nitrogen and oxygen atoms in total. The molecule has 1 aromatic heterocycles. The van der Waals surface area contributed by atoms with Gasteiger partial charge in [-0.15, -0.1) is 0 Å². The Morgan fingerprint density at radius 1 is 1.23 bits per heavy atom. The molecule has 1 aromatic carbocycles. The predicted octanol–water partition coefficient (Wildman–Crippen LogP) is 3.12. The first-order chi connectivity index (χ1) is 10.4. The Morgan fingerprint density at radius 2 is 1.91 bits per heavy atom. The van der Waals surface area contributed by atoms with E-state index in [1.807, 2.05) is 48.0 Å². The summed E-state index contributed by atoms with van der Waals surface area (Å²) in [5, 5.41) is 4.56. The van der Waals surface area contributed by atoms with Crippen molar-refractivity contribution in [1.82, 2.24) is 4.68 Å². The van der Waals surface area contributed by atoms with Crippen LogP contribution in [0.1, 0.15) is 47.6 Å². The highest BCUT2D eigenvalue weighted by Gasteiger charge is 2.34. The van der Waals surface area contributed by atoms with Crippen LogP contribution in [0.25, 0.3) is 0 Å². The second-order valence-corrected chi connectivity index (χ2v) is 6.75. The Bertz CT molecular complexity index is 754. The Kier molecular flexibility index (Phi) is 3.39. The van der Waals surface area contributed by atoms with Crippen molar-refractivity contribution >= 4 is 11.6 Å². The summed E-state index contributed by atoms with van der Waals surface area (Å²) < 4.78 is 1.83. The minimum Gasteiger partial charge on any atom is -0.382 e. The Balaban J connectivity index is 2.08. The van der Waals surface area contributed by atoms with Gasteiger partial charge in [-0.3, -0.25) is 4.79 Å². The van der Waals surface area contributed by atoms with Crippen LogP contribution >= 0.6 is 0 Å². The van der Waals surface area contributed by atoms with Crippen molar-refractivity contribution in [3.8, 4) is 0 Å². The summed E-state index contributed by atoms with van der Waals surface area (Å²) in [6, 6.07) is 11.6. The molecule has 0 saturated heterocycles. The number of hydrogen-bond donors (Lipinski definition) is 1. The van der Waals surface area contributed by atoms with E-state index in [1.165, 1.54) is 0 Å². The molecule has 0 radical (unpaired) electrons. The first-order valence-corrected chi connectivity index (χ1v) is 7.52. The zero-order valence-electron chi connectivity index (χ0n) is 13.3. The molecular formula is C18H21N3O. The molecule has 0 amide bonds. The second-order valence-electron chi connectivity index (χ2n) is 6.75. The molecule has 2 aromatic rings. The molecule has 4 heteroatoms. The predicted molar refractivity (Wildman–Crippen MR) is 88.2 cm³/mol. The number of nitrogens with zero attached hydrogens (tertiary/aromatic N) is 2. The molecule has 1 aliphatic rings. The zero-order chi connectivity index (χ0) is 15.9. The minimum absolute atomic E-state index is 0.0380. The normalized spacial score (nSPS) is 17.4. The van der Waals surface area contributed by atoms with Crippen LogP contribution in [0.2, 0.25) is 0 Å². The number of hydrogen-bond acceptors (Lipinski definition) is 2. The third-order valence-corrected chi connectivity index (χ3v) is 4.12. The van der Waals surface area contributed by atoms with Crippen molar-refractivity contribution in [3.63, 3.8) is 0 Å². The summed E-state index contributed by atoms with van der Waals surface area (Å²) in [5.41, 5.74) is 9.68. The highest BCUT2D eigenvalue weighted by atomic mass is 16.1. The molecule has 3 rings (SSSR count). The van der Waals surface area contributed by atoms with E-state index in [4.69, 9.17) is 5.73 Å². The lowest BCUT2D eigenvalue weighted by atomic mass is 9.76. The monoisotopic (exact) mass is 295 g/mol. The lowest BCUT2D eigenvalue weighted by Gasteiger charge is -2.29. The molecule has 1 aliphatic carbocycles. The van der Waals surface area contributed by atoms with Crippen LogP contribution in [-0.2, 0) is 6.42 Å². The number of carbonyl (C=O) groups is 1. The largest absolute Gasteiger partial charge is 0.382 e. The van der Waals surface area contributed by atoms with Crippen LogP contribution in [0.15, 0.2) is 41.5 Å². The average molecular weight is 295 g/mol. The van der Waals surface area contributed by atoms with Gasteiger partial charge in [-0.1, -0.05) is 44.2 Å². The summed E-state index contributed by atoms with van der Waals surface area (Å²) in [5.74, 6) is 0.652. The van der Waals surface area contributed by atoms with E-state index < -0.39 is 0 Å². The van der Waals surface area contributed by atoms with Gasteiger partial charge in [0.2, 0.25) is 0 Å². The van der Waals surface area contributed by atoms with E-state index in [2.05, 4.69) is 18.9 Å². The second kappa shape index (κ2) is 5.13. The van der Waals surface area contributed by atoms with Crippen molar-refractivity contribution in [3.05, 3.63) is 58.9 Å². The summed E-state index contributed by atoms with van der Waals surface area (Å²) in [4.78, 5) is 12.3. The maximum absolute atomic E-state index is 12.3. The van der Waals surface area contributed by atoms with Crippen LogP contribution in [-0.4, -0.2) is 16.3 Å². The van der Waals surface area contributed by atoms with Crippen molar-refractivity contribution in [1.29, 1.82) is 0 Å². The number of nitrogens with two attached hydrogens (primary N) is 1. The fourth-order valence-electron chi connectivity index (χ4n) is 3.05. The summed E-state index contributed by atoms with van der Waals surface area (Å²) in [6.45, 7) is 6.19. The third kappa shape index (κ3) is 2.56. The fourth-order valence-corrected chi connectivity index (χ4v) is 3.05. The maximum Gasteiger partial charge on any atom is 0.165 e. The molecule has 0 unspecified atom stereocenters. The molecular weight excluding hydrogens is 274 g/mol. The average Bonchev–Trinajstić information content (AvgIpc) is 2.76. The van der Waals surface area contributed by atoms with Gasteiger partial charge >= 0.3 is 0 Å². The van der Waals surface area contributed by atoms with Crippen LogP contribution in [0.4, 0.5) is 0 Å². The zero-order valence-corrected chi connectivity index (χ0v) is 13.3. The van der Waals surface area contributed by atoms with E-state index in [9.17, 15) is 4.79 Å². The van der Waals surface area contributed by atoms with Gasteiger partial charge in [0.1, 0.15) is 0 Å². The highest BCUT2D eigenvalue weighted by molar-refractivity contribution is 6.00. The van der Waals surface area contributed by atoms with Gasteiger partial charge in [0.15, 0.2) is 11.6 Å². The first kappa shape index (κ1) is 14.6. The summed E-state index contributed by atoms with van der Waals surface area (Å²) in [7, 11) is 0. The molecule has 0 aliphatic heterocycles. The third-order valence-electron chi connectivity index (χ3n) is 4.12. The lowest BCUT2D eigenvalue weighted by molar-refractivity contribution is 0.0910. The number of carbonyl (C=O) groups excluding carboxylic acids is 1. The van der Waals surface area contributed by atoms with Crippen LogP contribution in [0.3, 0.4) is 0 Å². The van der Waals surface area contributed by atoms with Gasteiger partial charge in [0, 0.05) is 23.2 Å². The number of aryl methyl sites for hydroxylation is 1. The van der Waals surface area contributed by atoms with Crippen LogP contribution < -0.4 is 5.73 Å². The Labute approximate surface area is 130 Å². The standard InChI is InChI=1S/C18H21N3O/c1-12-9-14-15(10-18(2,3)11-16(14)22)21(12)20-17(19)13-7-5-4-6-8-13/h4-9H,10-11H2,1-3H3,(H2,19,20). The molecule has 0 spiro atoms. The smallest absolute Gasteiger partial charge is 0.165 e. The van der Waals surface area contributed by atoms with E-state index in [0.29, 0.717) is 12.3 Å². The number of ketones is 1. The number of Topliss-reactive ketones (excluding diaryl/α,β-unsaturated/α-hetero) is 1. The summed E-state index contributed by atoms with van der Waals surface area (Å²) in [6.07, 6.45) is 1.41. The molecule has 0 fully saturated rings. The maximum atomic E-state index is 12.3. The Morgan fingerprint density at radius 3 is 2.59 bits per heavy atom. The SMILES string of the molecule is Cc1cc2c(n1N=C(N)c1ccccc1)CC(C)(C)CC2=O. The molecule has 1 heterocycles. The van der Waals surface area contributed by atoms with E-state index >= 15 is 0 Å². The van der Waals surface area contributed by atoms with E-state index in [0.717, 1.165) is 28.9 Å². The van der Waals surface area contributed by atoms with Crippen LogP contribution in [0.5, 0.6) is 0 Å². The number of amidine groups is 1. The van der Waals surface area contributed by atoms with Gasteiger partial charge in [-0.2, -0.15) is 5.10 Å². The molecule has 22 heavy (non-hydrogen) atoms. The number of aromatic nitrogens is 1. The van der Waals surface area contributed by atoms with Gasteiger partial charge in [0.05, 0.1) is 5.69 Å². The topological polar surface area (TPSA) is 60.4 Å². The lowest BCUT2D eigenvalue weighted by Crippen LogP contribution is -2.28. The van der Waals surface area contributed by atoms with E-state index in [1.54, 1.807) is 0 Å². The summed E-state index contributed by atoms with van der Waals surface area (Å²) >= 11 is 0. The molecule has 0 saturated carbocycles. The van der Waals surface area contributed by atoms with E-state index in [-0.39, 0.29) is 11.2 Å². The molecule has 2 N–H and O–H groups in total. The van der Waals surface area contributed by atoms with Gasteiger partial charge in [0.25, 0.3) is 0 Å². The van der Waals surface area contributed by atoms with Crippen molar-refractivity contribution in [2.45, 2.75) is 33.6 Å².